The Morgan fingerprint density at radius 3 is 2.57 bits per heavy atom. The highest BCUT2D eigenvalue weighted by Gasteiger charge is 2.33. The third-order valence-electron chi connectivity index (χ3n) is 4.31. The second kappa shape index (κ2) is 9.53. The first kappa shape index (κ1) is 21.5. The SMILES string of the molecule is CCOCC1=C(C(=O)OCC)C(c2ccc(F)c(F)c2)N=C(c2ncccc2F)N1. The van der Waals surface area contributed by atoms with Crippen LogP contribution in [0.25, 0.3) is 0 Å². The number of rotatable bonds is 7. The Labute approximate surface area is 171 Å². The van der Waals surface area contributed by atoms with E-state index in [-0.39, 0.29) is 41.6 Å². The molecule has 0 aliphatic carbocycles. The maximum Gasteiger partial charge on any atom is 0.338 e. The number of nitrogens with one attached hydrogen (secondary N) is 1. The van der Waals surface area contributed by atoms with Gasteiger partial charge in [0.1, 0.15) is 11.7 Å². The van der Waals surface area contributed by atoms with E-state index in [1.165, 1.54) is 24.4 Å². The lowest BCUT2D eigenvalue weighted by Gasteiger charge is -2.27. The number of esters is 1. The van der Waals surface area contributed by atoms with E-state index in [9.17, 15) is 18.0 Å². The number of nitrogens with zero attached hydrogens (tertiary/aromatic N) is 2. The normalized spacial score (nSPS) is 16.2. The van der Waals surface area contributed by atoms with Gasteiger partial charge in [0.2, 0.25) is 0 Å². The van der Waals surface area contributed by atoms with Crippen molar-refractivity contribution in [3.05, 3.63) is 76.5 Å². The number of aromatic nitrogens is 1. The second-order valence-corrected chi connectivity index (χ2v) is 6.26. The summed E-state index contributed by atoms with van der Waals surface area (Å²) in [6.07, 6.45) is 1.39. The van der Waals surface area contributed by atoms with Crippen LogP contribution in [0.15, 0.2) is 52.8 Å². The lowest BCUT2D eigenvalue weighted by molar-refractivity contribution is -0.139. The number of ether oxygens (including phenoxy) is 2. The van der Waals surface area contributed by atoms with Crippen LogP contribution in [-0.2, 0) is 14.3 Å². The maximum absolute atomic E-state index is 14.3. The molecule has 0 saturated carbocycles. The van der Waals surface area contributed by atoms with Crippen molar-refractivity contribution in [2.75, 3.05) is 19.8 Å². The van der Waals surface area contributed by atoms with Crippen LogP contribution in [0.1, 0.15) is 31.1 Å². The van der Waals surface area contributed by atoms with Gasteiger partial charge in [-0.2, -0.15) is 0 Å². The number of benzene rings is 1. The Balaban J connectivity index is 2.17. The second-order valence-electron chi connectivity index (χ2n) is 6.26. The minimum Gasteiger partial charge on any atom is -0.463 e. The van der Waals surface area contributed by atoms with Gasteiger partial charge in [-0.15, -0.1) is 0 Å². The van der Waals surface area contributed by atoms with Crippen LogP contribution in [0.2, 0.25) is 0 Å². The molecule has 1 atom stereocenters. The number of hydrogen-bond donors (Lipinski definition) is 1. The first-order chi connectivity index (χ1) is 14.5. The van der Waals surface area contributed by atoms with E-state index in [0.717, 1.165) is 12.1 Å². The number of aliphatic imine (C=N–C) groups is 1. The number of carbonyl (C=O) groups is 1. The van der Waals surface area contributed by atoms with Gasteiger partial charge in [0.25, 0.3) is 0 Å². The fraction of sp³-hybridized carbons (Fsp3) is 0.286. The molecule has 1 aliphatic heterocycles. The van der Waals surface area contributed by atoms with Crippen LogP contribution in [0.5, 0.6) is 0 Å². The topological polar surface area (TPSA) is 72.8 Å². The van der Waals surface area contributed by atoms with Crippen molar-refractivity contribution in [2.45, 2.75) is 19.9 Å². The van der Waals surface area contributed by atoms with Crippen molar-refractivity contribution in [2.24, 2.45) is 4.99 Å². The largest absolute Gasteiger partial charge is 0.463 e. The average Bonchev–Trinajstić information content (AvgIpc) is 2.74. The zero-order valence-electron chi connectivity index (χ0n) is 16.4. The third kappa shape index (κ3) is 4.51. The maximum atomic E-state index is 14.3. The molecule has 0 saturated heterocycles. The predicted octanol–water partition coefficient (Wildman–Crippen LogP) is 3.44. The fourth-order valence-corrected chi connectivity index (χ4v) is 2.97. The van der Waals surface area contributed by atoms with Gasteiger partial charge in [-0.1, -0.05) is 6.07 Å². The Morgan fingerprint density at radius 2 is 1.90 bits per heavy atom. The van der Waals surface area contributed by atoms with Gasteiger partial charge < -0.3 is 14.8 Å². The summed E-state index contributed by atoms with van der Waals surface area (Å²) >= 11 is 0. The van der Waals surface area contributed by atoms with E-state index < -0.39 is 29.5 Å². The number of hydrogen-bond acceptors (Lipinski definition) is 6. The van der Waals surface area contributed by atoms with Crippen molar-refractivity contribution in [3.8, 4) is 0 Å². The first-order valence-corrected chi connectivity index (χ1v) is 9.34. The summed E-state index contributed by atoms with van der Waals surface area (Å²) in [5.41, 5.74) is 0.458. The molecule has 0 radical (unpaired) electrons. The standard InChI is InChI=1S/C21H20F3N3O3/c1-3-29-11-16-17(21(28)30-4-2)18(12-7-8-13(22)15(24)10-12)27-20(26-16)19-14(23)6-5-9-25-19/h5-10,18H,3-4,11H2,1-2H3,(H,26,27). The molecule has 1 N–H and O–H groups in total. The van der Waals surface area contributed by atoms with Gasteiger partial charge in [0, 0.05) is 12.8 Å². The summed E-state index contributed by atoms with van der Waals surface area (Å²) in [6.45, 7) is 3.83. The molecule has 9 heteroatoms. The molecule has 1 aromatic carbocycles. The Kier molecular flexibility index (Phi) is 6.83. The zero-order chi connectivity index (χ0) is 21.7. The van der Waals surface area contributed by atoms with Gasteiger partial charge in [0.05, 0.1) is 24.5 Å². The molecule has 0 amide bonds. The molecule has 30 heavy (non-hydrogen) atoms. The summed E-state index contributed by atoms with van der Waals surface area (Å²) in [5.74, 6) is -3.43. The van der Waals surface area contributed by atoms with Gasteiger partial charge in [0.15, 0.2) is 23.3 Å². The quantitative estimate of drug-likeness (QED) is 0.696. The lowest BCUT2D eigenvalue weighted by atomic mass is 9.95. The molecule has 3 rings (SSSR count). The Morgan fingerprint density at radius 1 is 1.10 bits per heavy atom. The van der Waals surface area contributed by atoms with Crippen molar-refractivity contribution >= 4 is 11.8 Å². The summed E-state index contributed by atoms with van der Waals surface area (Å²) in [4.78, 5) is 21.1. The molecular formula is C21H20F3N3O3. The van der Waals surface area contributed by atoms with Gasteiger partial charge in [-0.25, -0.2) is 22.9 Å². The van der Waals surface area contributed by atoms with E-state index in [1.54, 1.807) is 13.8 Å². The molecule has 0 bridgehead atoms. The van der Waals surface area contributed by atoms with Crippen molar-refractivity contribution in [3.63, 3.8) is 0 Å². The highest BCUT2D eigenvalue weighted by Crippen LogP contribution is 2.33. The van der Waals surface area contributed by atoms with Crippen molar-refractivity contribution < 1.29 is 27.4 Å². The minimum absolute atomic E-state index is 0.0295. The predicted molar refractivity (Wildman–Crippen MR) is 103 cm³/mol. The zero-order valence-corrected chi connectivity index (χ0v) is 16.4. The molecule has 158 valence electrons. The molecule has 1 aromatic heterocycles. The van der Waals surface area contributed by atoms with Crippen LogP contribution in [0, 0.1) is 17.5 Å². The molecule has 0 spiro atoms. The molecule has 6 nitrogen and oxygen atoms in total. The molecule has 1 aliphatic rings. The average molecular weight is 419 g/mol. The molecule has 0 fully saturated rings. The summed E-state index contributed by atoms with van der Waals surface area (Å²) < 4.78 is 52.3. The monoisotopic (exact) mass is 419 g/mol. The van der Waals surface area contributed by atoms with Crippen molar-refractivity contribution in [1.29, 1.82) is 0 Å². The van der Waals surface area contributed by atoms with Gasteiger partial charge >= 0.3 is 5.97 Å². The highest BCUT2D eigenvalue weighted by atomic mass is 19.2. The highest BCUT2D eigenvalue weighted by molar-refractivity contribution is 6.02. The molecule has 2 aromatic rings. The van der Waals surface area contributed by atoms with Crippen molar-refractivity contribution in [1.82, 2.24) is 10.3 Å². The number of amidine groups is 1. The molecule has 1 unspecified atom stereocenters. The molecule has 2 heterocycles. The number of halogens is 3. The van der Waals surface area contributed by atoms with Crippen LogP contribution in [0.4, 0.5) is 13.2 Å². The van der Waals surface area contributed by atoms with Crippen LogP contribution >= 0.6 is 0 Å². The number of carbonyl (C=O) groups excluding carboxylic acids is 1. The third-order valence-corrected chi connectivity index (χ3v) is 4.31. The summed E-state index contributed by atoms with van der Waals surface area (Å²) in [7, 11) is 0. The Bertz CT molecular complexity index is 1010. The smallest absolute Gasteiger partial charge is 0.338 e. The number of pyridine rings is 1. The first-order valence-electron chi connectivity index (χ1n) is 9.34. The summed E-state index contributed by atoms with van der Waals surface area (Å²) in [5, 5.41) is 2.89. The summed E-state index contributed by atoms with van der Waals surface area (Å²) in [6, 6.07) is 4.75. The van der Waals surface area contributed by atoms with Crippen LogP contribution in [-0.4, -0.2) is 36.6 Å². The van der Waals surface area contributed by atoms with E-state index in [0.29, 0.717) is 6.61 Å². The Hall–Kier alpha value is -3.20. The van der Waals surface area contributed by atoms with E-state index in [1.807, 2.05) is 0 Å². The minimum atomic E-state index is -1.10. The van der Waals surface area contributed by atoms with E-state index in [4.69, 9.17) is 9.47 Å². The molecular weight excluding hydrogens is 399 g/mol. The van der Waals surface area contributed by atoms with Gasteiger partial charge in [-0.3, -0.25) is 4.99 Å². The van der Waals surface area contributed by atoms with Crippen LogP contribution < -0.4 is 5.32 Å². The van der Waals surface area contributed by atoms with E-state index >= 15 is 0 Å². The van der Waals surface area contributed by atoms with E-state index in [2.05, 4.69) is 15.3 Å². The fourth-order valence-electron chi connectivity index (χ4n) is 2.97. The van der Waals surface area contributed by atoms with Crippen LogP contribution in [0.3, 0.4) is 0 Å². The lowest BCUT2D eigenvalue weighted by Crippen LogP contribution is -2.36. The van der Waals surface area contributed by atoms with Gasteiger partial charge in [-0.05, 0) is 43.7 Å².